The number of nitrogens with zero attached hydrogens (tertiary/aromatic N) is 3. The normalized spacial score (nSPS) is 17.2. The number of hydrogen-bond acceptors (Lipinski definition) is 6. The molecule has 1 aromatic heterocycles. The van der Waals surface area contributed by atoms with E-state index in [-0.39, 0.29) is 5.95 Å². The van der Waals surface area contributed by atoms with Gasteiger partial charge in [0.25, 0.3) is 0 Å². The van der Waals surface area contributed by atoms with Crippen LogP contribution in [-0.4, -0.2) is 47.6 Å². The van der Waals surface area contributed by atoms with Crippen LogP contribution in [0, 0.1) is 0 Å². The number of anilines is 2. The molecule has 17 heavy (non-hydrogen) atoms. The molecule has 0 atom stereocenters. The highest BCUT2D eigenvalue weighted by molar-refractivity contribution is 5.41. The van der Waals surface area contributed by atoms with Crippen LogP contribution in [0.2, 0.25) is 0 Å². The number of rotatable bonds is 4. The summed E-state index contributed by atoms with van der Waals surface area (Å²) >= 11 is 0. The molecule has 0 saturated carbocycles. The van der Waals surface area contributed by atoms with Crippen LogP contribution in [0.4, 0.5) is 11.8 Å². The maximum atomic E-state index is 5.79. The minimum atomic E-state index is 0.244. The van der Waals surface area contributed by atoms with E-state index < -0.39 is 0 Å². The molecule has 6 heteroatoms. The lowest BCUT2D eigenvalue weighted by molar-refractivity contribution is 0.238. The summed E-state index contributed by atoms with van der Waals surface area (Å²) in [5.74, 6) is 0.756. The maximum absolute atomic E-state index is 5.79. The highest BCUT2D eigenvalue weighted by Gasteiger charge is 2.09. The molecule has 1 aromatic rings. The fourth-order valence-electron chi connectivity index (χ4n) is 2.05. The first-order valence-corrected chi connectivity index (χ1v) is 6.05. The van der Waals surface area contributed by atoms with Gasteiger partial charge in [-0.25, -0.2) is 4.98 Å². The summed E-state index contributed by atoms with van der Waals surface area (Å²) in [6, 6.07) is 0. The first-order chi connectivity index (χ1) is 8.25. The molecule has 1 aliphatic heterocycles. The highest BCUT2D eigenvalue weighted by Crippen LogP contribution is 2.11. The van der Waals surface area contributed by atoms with E-state index in [1.165, 1.54) is 0 Å². The Morgan fingerprint density at radius 1 is 1.29 bits per heavy atom. The minimum Gasteiger partial charge on any atom is -0.383 e. The SMILES string of the molecule is Nc1ncc(CCCN2CCNCC2)c(N)n1. The maximum Gasteiger partial charge on any atom is 0.221 e. The minimum absolute atomic E-state index is 0.244. The molecule has 1 fully saturated rings. The van der Waals surface area contributed by atoms with Gasteiger partial charge < -0.3 is 21.7 Å². The second kappa shape index (κ2) is 5.79. The zero-order valence-electron chi connectivity index (χ0n) is 10.0. The average Bonchev–Trinajstić information content (AvgIpc) is 2.33. The van der Waals surface area contributed by atoms with Crippen LogP contribution >= 0.6 is 0 Å². The number of aryl methyl sites for hydroxylation is 1. The number of nitrogen functional groups attached to an aromatic ring is 2. The molecule has 0 spiro atoms. The van der Waals surface area contributed by atoms with Crippen molar-refractivity contribution >= 4 is 11.8 Å². The van der Waals surface area contributed by atoms with Gasteiger partial charge in [0.2, 0.25) is 5.95 Å². The number of hydrogen-bond donors (Lipinski definition) is 3. The van der Waals surface area contributed by atoms with E-state index in [0.717, 1.165) is 51.1 Å². The van der Waals surface area contributed by atoms with Gasteiger partial charge in [0.1, 0.15) is 5.82 Å². The largest absolute Gasteiger partial charge is 0.383 e. The molecule has 5 N–H and O–H groups in total. The molecule has 1 saturated heterocycles. The van der Waals surface area contributed by atoms with E-state index in [1.54, 1.807) is 6.20 Å². The van der Waals surface area contributed by atoms with Crippen molar-refractivity contribution in [3.8, 4) is 0 Å². The van der Waals surface area contributed by atoms with Crippen molar-refractivity contribution in [2.75, 3.05) is 44.2 Å². The van der Waals surface area contributed by atoms with Crippen molar-refractivity contribution in [3.05, 3.63) is 11.8 Å². The fraction of sp³-hybridized carbons (Fsp3) is 0.636. The van der Waals surface area contributed by atoms with Crippen molar-refractivity contribution in [2.24, 2.45) is 0 Å². The predicted molar refractivity (Wildman–Crippen MR) is 68.5 cm³/mol. The van der Waals surface area contributed by atoms with Crippen LogP contribution < -0.4 is 16.8 Å². The average molecular weight is 236 g/mol. The number of aromatic nitrogens is 2. The van der Waals surface area contributed by atoms with E-state index >= 15 is 0 Å². The van der Waals surface area contributed by atoms with E-state index in [2.05, 4.69) is 20.2 Å². The zero-order chi connectivity index (χ0) is 12.1. The van der Waals surface area contributed by atoms with Gasteiger partial charge >= 0.3 is 0 Å². The van der Waals surface area contributed by atoms with Gasteiger partial charge in [-0.1, -0.05) is 0 Å². The van der Waals surface area contributed by atoms with Crippen molar-refractivity contribution in [1.29, 1.82) is 0 Å². The van der Waals surface area contributed by atoms with E-state index in [4.69, 9.17) is 11.5 Å². The molecule has 0 amide bonds. The molecule has 6 nitrogen and oxygen atoms in total. The molecule has 0 aromatic carbocycles. The Bertz CT molecular complexity index is 361. The van der Waals surface area contributed by atoms with Gasteiger partial charge in [0.15, 0.2) is 0 Å². The van der Waals surface area contributed by atoms with Crippen LogP contribution in [0.3, 0.4) is 0 Å². The fourth-order valence-corrected chi connectivity index (χ4v) is 2.05. The molecule has 1 aliphatic rings. The zero-order valence-corrected chi connectivity index (χ0v) is 10.0. The lowest BCUT2D eigenvalue weighted by Crippen LogP contribution is -2.43. The summed E-state index contributed by atoms with van der Waals surface area (Å²) in [4.78, 5) is 10.4. The standard InChI is InChI=1S/C11H20N6/c12-10-9(8-15-11(13)16-10)2-1-5-17-6-3-14-4-7-17/h8,14H,1-7H2,(H4,12,13,15,16). The second-order valence-electron chi connectivity index (χ2n) is 4.33. The molecular weight excluding hydrogens is 216 g/mol. The van der Waals surface area contributed by atoms with Crippen LogP contribution in [0.5, 0.6) is 0 Å². The molecule has 2 heterocycles. The van der Waals surface area contributed by atoms with Crippen LogP contribution in [-0.2, 0) is 6.42 Å². The Kier molecular flexibility index (Phi) is 4.11. The molecule has 0 bridgehead atoms. The van der Waals surface area contributed by atoms with E-state index in [1.807, 2.05) is 0 Å². The van der Waals surface area contributed by atoms with Gasteiger partial charge in [-0.2, -0.15) is 4.98 Å². The van der Waals surface area contributed by atoms with Crippen molar-refractivity contribution in [3.63, 3.8) is 0 Å². The highest BCUT2D eigenvalue weighted by atomic mass is 15.2. The predicted octanol–water partition coefficient (Wildman–Crippen LogP) is -0.521. The summed E-state index contributed by atoms with van der Waals surface area (Å²) in [6.45, 7) is 5.55. The lowest BCUT2D eigenvalue weighted by atomic mass is 10.1. The molecule has 0 radical (unpaired) electrons. The van der Waals surface area contributed by atoms with Crippen LogP contribution in [0.25, 0.3) is 0 Å². The first kappa shape index (κ1) is 12.1. The lowest BCUT2D eigenvalue weighted by Gasteiger charge is -2.27. The Labute approximate surface area is 101 Å². The van der Waals surface area contributed by atoms with Gasteiger partial charge in [0.05, 0.1) is 0 Å². The number of nitrogens with two attached hydrogens (primary N) is 2. The van der Waals surface area contributed by atoms with Crippen LogP contribution in [0.1, 0.15) is 12.0 Å². The first-order valence-electron chi connectivity index (χ1n) is 6.05. The third-order valence-electron chi connectivity index (χ3n) is 3.05. The van der Waals surface area contributed by atoms with Gasteiger partial charge in [-0.05, 0) is 19.4 Å². The Morgan fingerprint density at radius 3 is 2.76 bits per heavy atom. The molecule has 0 aliphatic carbocycles. The second-order valence-corrected chi connectivity index (χ2v) is 4.33. The topological polar surface area (TPSA) is 93.1 Å². The van der Waals surface area contributed by atoms with Crippen molar-refractivity contribution in [2.45, 2.75) is 12.8 Å². The number of piperazine rings is 1. The summed E-state index contributed by atoms with van der Waals surface area (Å²) in [6.07, 6.45) is 3.73. The Hall–Kier alpha value is -1.40. The molecule has 0 unspecified atom stereocenters. The smallest absolute Gasteiger partial charge is 0.221 e. The quantitative estimate of drug-likeness (QED) is 0.651. The van der Waals surface area contributed by atoms with Gasteiger partial charge in [-0.15, -0.1) is 0 Å². The van der Waals surface area contributed by atoms with Gasteiger partial charge in [0, 0.05) is 37.9 Å². The van der Waals surface area contributed by atoms with E-state index in [9.17, 15) is 0 Å². The monoisotopic (exact) mass is 236 g/mol. The molecular formula is C11H20N6. The third kappa shape index (κ3) is 3.54. The summed E-state index contributed by atoms with van der Waals surface area (Å²) < 4.78 is 0. The van der Waals surface area contributed by atoms with Gasteiger partial charge in [-0.3, -0.25) is 0 Å². The summed E-state index contributed by atoms with van der Waals surface area (Å²) in [5, 5.41) is 3.34. The Morgan fingerprint density at radius 2 is 2.06 bits per heavy atom. The Balaban J connectivity index is 1.77. The number of nitrogens with one attached hydrogen (secondary N) is 1. The third-order valence-corrected chi connectivity index (χ3v) is 3.05. The molecule has 94 valence electrons. The van der Waals surface area contributed by atoms with Crippen molar-refractivity contribution in [1.82, 2.24) is 20.2 Å². The molecule has 2 rings (SSSR count). The van der Waals surface area contributed by atoms with Crippen molar-refractivity contribution < 1.29 is 0 Å². The summed E-state index contributed by atoms with van der Waals surface area (Å²) in [5.41, 5.74) is 12.2. The van der Waals surface area contributed by atoms with Crippen LogP contribution in [0.15, 0.2) is 6.20 Å². The summed E-state index contributed by atoms with van der Waals surface area (Å²) in [7, 11) is 0. The van der Waals surface area contributed by atoms with E-state index in [0.29, 0.717) is 5.82 Å².